The van der Waals surface area contributed by atoms with Crippen LogP contribution in [0.3, 0.4) is 0 Å². The highest BCUT2D eigenvalue weighted by Gasteiger charge is 2.36. The minimum atomic E-state index is -0.999. The number of hydrogen-bond acceptors (Lipinski definition) is 4. The molecular weight excluding hydrogens is 394 g/mol. The summed E-state index contributed by atoms with van der Waals surface area (Å²) in [5.74, 6) is 0.560. The van der Waals surface area contributed by atoms with Crippen LogP contribution < -0.4 is 15.1 Å². The molecule has 1 aliphatic carbocycles. The Labute approximate surface area is 181 Å². The average molecular weight is 424 g/mol. The molecule has 5 rings (SSSR count). The largest absolute Gasteiger partial charge is 0.465 e. The number of carbonyl (C=O) groups is 2. The molecule has 2 fully saturated rings. The third kappa shape index (κ3) is 3.48. The van der Waals surface area contributed by atoms with Crippen molar-refractivity contribution in [2.75, 3.05) is 22.9 Å². The van der Waals surface area contributed by atoms with Gasteiger partial charge in [-0.2, -0.15) is 5.10 Å². The molecule has 8 nitrogen and oxygen atoms in total. The van der Waals surface area contributed by atoms with E-state index in [4.69, 9.17) is 0 Å². The fourth-order valence-electron chi connectivity index (χ4n) is 4.86. The number of anilines is 2. The van der Waals surface area contributed by atoms with Crippen molar-refractivity contribution in [2.45, 2.75) is 57.7 Å². The number of carbonyl (C=O) groups excluding carboxylic acids is 1. The predicted octanol–water partition coefficient (Wildman–Crippen LogP) is 3.49. The van der Waals surface area contributed by atoms with Gasteiger partial charge in [0, 0.05) is 37.3 Å². The molecule has 2 aromatic rings. The average Bonchev–Trinajstić information content (AvgIpc) is 3.17. The lowest BCUT2D eigenvalue weighted by Gasteiger charge is -2.41. The zero-order chi connectivity index (χ0) is 21.7. The Kier molecular flexibility index (Phi) is 4.97. The minimum absolute atomic E-state index is 0.0931. The summed E-state index contributed by atoms with van der Waals surface area (Å²) < 4.78 is 1.97. The summed E-state index contributed by atoms with van der Waals surface area (Å²) in [4.78, 5) is 28.3. The van der Waals surface area contributed by atoms with E-state index in [2.05, 4.69) is 17.3 Å². The molecule has 3 heterocycles. The third-order valence-corrected chi connectivity index (χ3v) is 7.10. The Morgan fingerprint density at radius 2 is 2.00 bits per heavy atom. The number of rotatable bonds is 4. The van der Waals surface area contributed by atoms with Crippen molar-refractivity contribution < 1.29 is 14.7 Å². The first-order valence-electron chi connectivity index (χ1n) is 11.2. The maximum absolute atomic E-state index is 13.1. The third-order valence-electron chi connectivity index (χ3n) is 7.10. The Balaban J connectivity index is 1.48. The van der Waals surface area contributed by atoms with Gasteiger partial charge in [0.1, 0.15) is 0 Å². The number of amides is 2. The van der Waals surface area contributed by atoms with Gasteiger partial charge in [0.2, 0.25) is 5.91 Å². The van der Waals surface area contributed by atoms with E-state index in [1.165, 1.54) is 11.3 Å². The summed E-state index contributed by atoms with van der Waals surface area (Å²) in [5.41, 5.74) is 3.09. The van der Waals surface area contributed by atoms with Gasteiger partial charge in [0.25, 0.3) is 0 Å². The summed E-state index contributed by atoms with van der Waals surface area (Å²) in [5, 5.41) is 17.7. The van der Waals surface area contributed by atoms with Gasteiger partial charge in [-0.1, -0.05) is 12.5 Å². The van der Waals surface area contributed by atoms with Gasteiger partial charge in [-0.05, 0) is 50.3 Å². The van der Waals surface area contributed by atoms with Gasteiger partial charge in [0.15, 0.2) is 0 Å². The van der Waals surface area contributed by atoms with Crippen LogP contribution in [-0.4, -0.2) is 52.1 Å². The van der Waals surface area contributed by atoms with Gasteiger partial charge in [-0.15, -0.1) is 0 Å². The quantitative estimate of drug-likeness (QED) is 0.786. The van der Waals surface area contributed by atoms with E-state index < -0.39 is 6.09 Å². The van der Waals surface area contributed by atoms with Crippen molar-refractivity contribution in [3.8, 4) is 11.1 Å². The molecule has 2 amide bonds. The van der Waals surface area contributed by atoms with Crippen LogP contribution in [0.15, 0.2) is 30.6 Å². The molecular formula is C23H29N5O3. The molecule has 0 bridgehead atoms. The molecule has 0 spiro atoms. The van der Waals surface area contributed by atoms with Crippen molar-refractivity contribution in [1.29, 1.82) is 0 Å². The van der Waals surface area contributed by atoms with E-state index >= 15 is 0 Å². The topological polar surface area (TPSA) is 90.7 Å². The number of benzene rings is 1. The van der Waals surface area contributed by atoms with Gasteiger partial charge in [-0.3, -0.25) is 14.4 Å². The zero-order valence-electron chi connectivity index (χ0n) is 18.0. The fourth-order valence-corrected chi connectivity index (χ4v) is 4.86. The first-order valence-corrected chi connectivity index (χ1v) is 11.2. The summed E-state index contributed by atoms with van der Waals surface area (Å²) in [6, 6.07) is 6.25. The molecule has 0 radical (unpaired) electrons. The van der Waals surface area contributed by atoms with Crippen LogP contribution in [0.25, 0.3) is 11.1 Å². The lowest BCUT2D eigenvalue weighted by Crippen LogP contribution is -2.52. The number of nitrogens with one attached hydrogen (secondary N) is 1. The van der Waals surface area contributed by atoms with Crippen LogP contribution in [0.2, 0.25) is 0 Å². The van der Waals surface area contributed by atoms with Crippen molar-refractivity contribution >= 4 is 23.4 Å². The van der Waals surface area contributed by atoms with Crippen molar-refractivity contribution in [3.05, 3.63) is 30.6 Å². The van der Waals surface area contributed by atoms with Crippen molar-refractivity contribution in [1.82, 2.24) is 15.1 Å². The second-order valence-corrected chi connectivity index (χ2v) is 9.18. The number of fused-ring (bicyclic) bond motifs is 1. The van der Waals surface area contributed by atoms with Crippen LogP contribution >= 0.6 is 0 Å². The molecule has 2 N–H and O–H groups in total. The zero-order valence-corrected chi connectivity index (χ0v) is 18.0. The molecule has 1 aromatic carbocycles. The first-order chi connectivity index (χ1) is 14.9. The molecule has 3 aliphatic rings. The van der Waals surface area contributed by atoms with E-state index in [1.54, 1.807) is 0 Å². The molecule has 1 saturated carbocycles. The van der Waals surface area contributed by atoms with Crippen LogP contribution in [0.1, 0.15) is 45.6 Å². The maximum atomic E-state index is 13.1. The first kappa shape index (κ1) is 20.1. The van der Waals surface area contributed by atoms with E-state index in [1.807, 2.05) is 47.1 Å². The summed E-state index contributed by atoms with van der Waals surface area (Å²) in [7, 11) is 0. The Morgan fingerprint density at radius 3 is 2.61 bits per heavy atom. The van der Waals surface area contributed by atoms with E-state index in [9.17, 15) is 14.7 Å². The van der Waals surface area contributed by atoms with Gasteiger partial charge in [-0.25, -0.2) is 4.79 Å². The summed E-state index contributed by atoms with van der Waals surface area (Å²) in [6.07, 6.45) is 6.80. The molecule has 8 heteroatoms. The van der Waals surface area contributed by atoms with Gasteiger partial charge >= 0.3 is 6.09 Å². The molecule has 1 unspecified atom stereocenters. The number of hydrogen-bond donors (Lipinski definition) is 2. The molecule has 164 valence electrons. The number of aromatic nitrogens is 2. The SMILES string of the molecule is C[C@H]1NCC1n1cc(-c2ccc3c(c2)N(C(=O)O)C[C@H](C)N3C(=O)CC2CCC2)cn1. The monoisotopic (exact) mass is 423 g/mol. The highest BCUT2D eigenvalue weighted by Crippen LogP contribution is 2.40. The van der Waals surface area contributed by atoms with E-state index in [0.717, 1.165) is 30.5 Å². The van der Waals surface area contributed by atoms with Gasteiger partial charge in [0.05, 0.1) is 29.7 Å². The van der Waals surface area contributed by atoms with Gasteiger partial charge < -0.3 is 15.3 Å². The van der Waals surface area contributed by atoms with Crippen molar-refractivity contribution in [3.63, 3.8) is 0 Å². The van der Waals surface area contributed by atoms with E-state index in [0.29, 0.717) is 35.8 Å². The molecule has 1 saturated heterocycles. The highest BCUT2D eigenvalue weighted by molar-refractivity contribution is 6.03. The number of nitrogens with zero attached hydrogens (tertiary/aromatic N) is 4. The Bertz CT molecular complexity index is 1010. The predicted molar refractivity (Wildman–Crippen MR) is 118 cm³/mol. The lowest BCUT2D eigenvalue weighted by molar-refractivity contribution is -0.120. The standard InChI is InChI=1S/C23H29N5O3/c1-14-12-26(23(30)31)20-9-17(18-10-25-27(13-18)21-11-24-15(21)2)6-7-19(20)28(14)22(29)8-16-4-3-5-16/h6-7,9-10,13-16,21,24H,3-5,8,11-12H2,1-2H3,(H,30,31)/t14-,15+,21?/m0/s1. The number of carboxylic acid groups (broad SMARTS) is 1. The molecule has 31 heavy (non-hydrogen) atoms. The summed E-state index contributed by atoms with van der Waals surface area (Å²) in [6.45, 7) is 5.22. The minimum Gasteiger partial charge on any atom is -0.465 e. The van der Waals surface area contributed by atoms with Crippen molar-refractivity contribution in [2.24, 2.45) is 5.92 Å². The van der Waals surface area contributed by atoms with Crippen LogP contribution in [0, 0.1) is 5.92 Å². The Hall–Kier alpha value is -2.87. The maximum Gasteiger partial charge on any atom is 0.411 e. The lowest BCUT2D eigenvalue weighted by atomic mass is 9.82. The normalized spacial score (nSPS) is 25.5. The molecule has 2 aliphatic heterocycles. The smallest absolute Gasteiger partial charge is 0.411 e. The van der Waals surface area contributed by atoms with E-state index in [-0.39, 0.29) is 18.5 Å². The van der Waals surface area contributed by atoms with Crippen LogP contribution in [-0.2, 0) is 4.79 Å². The molecule has 1 aromatic heterocycles. The summed E-state index contributed by atoms with van der Waals surface area (Å²) >= 11 is 0. The van der Waals surface area contributed by atoms with Crippen LogP contribution in [0.4, 0.5) is 16.2 Å². The second-order valence-electron chi connectivity index (χ2n) is 9.18. The molecule has 3 atom stereocenters. The highest BCUT2D eigenvalue weighted by atomic mass is 16.4. The fraction of sp³-hybridized carbons (Fsp3) is 0.522. The Morgan fingerprint density at radius 1 is 1.19 bits per heavy atom. The second kappa shape index (κ2) is 7.67. The van der Waals surface area contributed by atoms with Crippen LogP contribution in [0.5, 0.6) is 0 Å².